The normalized spacial score (nSPS) is 15.8. The average molecular weight is 532 g/mol. The second-order valence-electron chi connectivity index (χ2n) is 9.33. The van der Waals surface area contributed by atoms with Gasteiger partial charge in [0.2, 0.25) is 10.0 Å². The third-order valence-electron chi connectivity index (χ3n) is 6.60. The van der Waals surface area contributed by atoms with Crippen molar-refractivity contribution in [3.05, 3.63) is 77.2 Å². The van der Waals surface area contributed by atoms with Crippen molar-refractivity contribution < 1.29 is 13.2 Å². The van der Waals surface area contributed by atoms with Gasteiger partial charge in [-0.3, -0.25) is 8.87 Å². The smallest absolute Gasteiger partial charge is 0.269 e. The molecule has 1 aliphatic rings. The van der Waals surface area contributed by atoms with Crippen LogP contribution < -0.4 is 9.62 Å². The fourth-order valence-corrected chi connectivity index (χ4v) is 5.19. The molecule has 1 aliphatic heterocycles. The number of aromatic nitrogens is 4. The van der Waals surface area contributed by atoms with Crippen LogP contribution in [0.1, 0.15) is 42.7 Å². The number of sulfonamides is 1. The van der Waals surface area contributed by atoms with E-state index < -0.39 is 10.0 Å². The van der Waals surface area contributed by atoms with Crippen molar-refractivity contribution >= 4 is 44.1 Å². The van der Waals surface area contributed by atoms with E-state index in [4.69, 9.17) is 21.3 Å². The lowest BCUT2D eigenvalue weighted by molar-refractivity contribution is -0.0309. The fraction of sp³-hybridized carbons (Fsp3) is 0.333. The van der Waals surface area contributed by atoms with E-state index in [9.17, 15) is 8.42 Å². The van der Waals surface area contributed by atoms with Crippen LogP contribution in [0.2, 0.25) is 0 Å². The quantitative estimate of drug-likeness (QED) is 0.330. The standard InChI is InChI=1S/C27H29N7O3S/c1-18-29-26-22(32-21-11-5-6-12-23(21)33(3)38(4,35)36)17-20(16-19-10-9-13-24(28-2)30-19)31-27(26)34(18)25-14-7-8-15-37-25/h5-6,9-13,17,25H,7-8,14-16H2,1,3-4H3,(H,31,32). The molecule has 0 saturated carbocycles. The maximum atomic E-state index is 12.3. The number of nitrogens with one attached hydrogen (secondary N) is 1. The SMILES string of the molecule is [C-]#[N+]c1cccc(Cc2cc(Nc3ccccc3N(C)S(C)(=O)=O)c3nc(C)n(C4CCCCO4)c3n2)n1. The van der Waals surface area contributed by atoms with Crippen LogP contribution in [0.5, 0.6) is 0 Å². The highest BCUT2D eigenvalue weighted by atomic mass is 32.2. The molecule has 4 aromatic rings. The van der Waals surface area contributed by atoms with E-state index in [2.05, 4.69) is 15.1 Å². The summed E-state index contributed by atoms with van der Waals surface area (Å²) in [6, 6.07) is 14.5. The van der Waals surface area contributed by atoms with Gasteiger partial charge in [0.25, 0.3) is 5.82 Å². The lowest BCUT2D eigenvalue weighted by atomic mass is 10.1. The van der Waals surface area contributed by atoms with Gasteiger partial charge in [-0.2, -0.15) is 0 Å². The van der Waals surface area contributed by atoms with Gasteiger partial charge in [0.1, 0.15) is 23.3 Å². The van der Waals surface area contributed by atoms with Gasteiger partial charge in [-0.15, -0.1) is 4.98 Å². The third kappa shape index (κ3) is 5.18. The van der Waals surface area contributed by atoms with Gasteiger partial charge in [0.15, 0.2) is 5.65 Å². The summed E-state index contributed by atoms with van der Waals surface area (Å²) >= 11 is 0. The zero-order chi connectivity index (χ0) is 26.9. The zero-order valence-corrected chi connectivity index (χ0v) is 22.4. The summed E-state index contributed by atoms with van der Waals surface area (Å²) in [5, 5.41) is 3.43. The van der Waals surface area contributed by atoms with Crippen LogP contribution in [-0.2, 0) is 21.2 Å². The number of aryl methyl sites for hydroxylation is 1. The minimum absolute atomic E-state index is 0.156. The van der Waals surface area contributed by atoms with E-state index in [0.29, 0.717) is 47.1 Å². The fourth-order valence-electron chi connectivity index (χ4n) is 4.67. The van der Waals surface area contributed by atoms with Crippen molar-refractivity contribution in [3.8, 4) is 0 Å². The maximum Gasteiger partial charge on any atom is 0.269 e. The summed E-state index contributed by atoms with van der Waals surface area (Å²) in [7, 11) is -1.95. The molecule has 1 saturated heterocycles. The molecule has 1 unspecified atom stereocenters. The molecule has 5 rings (SSSR count). The number of rotatable bonds is 7. The highest BCUT2D eigenvalue weighted by Gasteiger charge is 2.24. The molecule has 1 aromatic carbocycles. The predicted molar refractivity (Wildman–Crippen MR) is 147 cm³/mol. The molecule has 0 spiro atoms. The monoisotopic (exact) mass is 531 g/mol. The Balaban J connectivity index is 1.64. The number of imidazole rings is 1. The Morgan fingerprint density at radius 2 is 1.92 bits per heavy atom. The topological polar surface area (TPSA) is 107 Å². The predicted octanol–water partition coefficient (Wildman–Crippen LogP) is 5.11. The molecular weight excluding hydrogens is 502 g/mol. The largest absolute Gasteiger partial charge is 0.361 e. The molecule has 1 fully saturated rings. The number of pyridine rings is 2. The molecule has 0 aliphatic carbocycles. The minimum atomic E-state index is -3.47. The van der Waals surface area contributed by atoms with Crippen LogP contribution in [0.25, 0.3) is 16.0 Å². The Morgan fingerprint density at radius 3 is 2.66 bits per heavy atom. The van der Waals surface area contributed by atoms with Crippen molar-refractivity contribution in [1.82, 2.24) is 19.5 Å². The lowest BCUT2D eigenvalue weighted by Crippen LogP contribution is -2.25. The number of fused-ring (bicyclic) bond motifs is 1. The van der Waals surface area contributed by atoms with E-state index in [1.54, 1.807) is 18.2 Å². The molecule has 10 nitrogen and oxygen atoms in total. The van der Waals surface area contributed by atoms with Crippen LogP contribution in [0.15, 0.2) is 48.5 Å². The molecule has 0 amide bonds. The van der Waals surface area contributed by atoms with Gasteiger partial charge >= 0.3 is 0 Å². The molecule has 196 valence electrons. The lowest BCUT2D eigenvalue weighted by Gasteiger charge is -2.25. The summed E-state index contributed by atoms with van der Waals surface area (Å²) in [6.45, 7) is 9.92. The van der Waals surface area contributed by atoms with Gasteiger partial charge in [0.05, 0.1) is 35.4 Å². The number of para-hydroxylation sites is 2. The van der Waals surface area contributed by atoms with E-state index in [0.717, 1.165) is 36.5 Å². The number of nitrogens with zero attached hydrogens (tertiary/aromatic N) is 6. The van der Waals surface area contributed by atoms with Crippen LogP contribution >= 0.6 is 0 Å². The van der Waals surface area contributed by atoms with Crippen molar-refractivity contribution in [2.24, 2.45) is 0 Å². The second kappa shape index (κ2) is 10.4. The van der Waals surface area contributed by atoms with Crippen molar-refractivity contribution in [2.45, 2.75) is 38.8 Å². The molecule has 0 bridgehead atoms. The van der Waals surface area contributed by atoms with Crippen LogP contribution in [-0.4, -0.2) is 47.8 Å². The van der Waals surface area contributed by atoms with Crippen LogP contribution in [0.3, 0.4) is 0 Å². The summed E-state index contributed by atoms with van der Waals surface area (Å²) in [5.41, 5.74) is 4.64. The number of hydrogen-bond donors (Lipinski definition) is 1. The van der Waals surface area contributed by atoms with Crippen molar-refractivity contribution in [1.29, 1.82) is 0 Å². The Kier molecular flexibility index (Phi) is 7.01. The number of ether oxygens (including phenoxy) is 1. The highest BCUT2D eigenvalue weighted by molar-refractivity contribution is 7.92. The molecule has 11 heteroatoms. The summed E-state index contributed by atoms with van der Waals surface area (Å²) in [4.78, 5) is 17.7. The van der Waals surface area contributed by atoms with Gasteiger partial charge in [0, 0.05) is 13.7 Å². The first kappa shape index (κ1) is 25.6. The number of anilines is 3. The first-order chi connectivity index (χ1) is 18.2. The van der Waals surface area contributed by atoms with E-state index >= 15 is 0 Å². The maximum absolute atomic E-state index is 12.3. The number of hydrogen-bond acceptors (Lipinski definition) is 7. The average Bonchev–Trinajstić information content (AvgIpc) is 3.24. The molecule has 1 N–H and O–H groups in total. The number of benzene rings is 1. The van der Waals surface area contributed by atoms with E-state index in [1.165, 1.54) is 17.6 Å². The van der Waals surface area contributed by atoms with Gasteiger partial charge in [-0.25, -0.2) is 18.4 Å². The third-order valence-corrected chi connectivity index (χ3v) is 7.79. The summed E-state index contributed by atoms with van der Waals surface area (Å²) in [5.74, 6) is 1.12. The highest BCUT2D eigenvalue weighted by Crippen LogP contribution is 2.35. The molecule has 1 atom stereocenters. The minimum Gasteiger partial charge on any atom is -0.361 e. The Bertz CT molecular complexity index is 1640. The second-order valence-corrected chi connectivity index (χ2v) is 11.3. The van der Waals surface area contributed by atoms with Crippen LogP contribution in [0.4, 0.5) is 22.9 Å². The van der Waals surface area contributed by atoms with E-state index in [1.807, 2.05) is 41.8 Å². The van der Waals surface area contributed by atoms with Gasteiger partial charge in [-0.1, -0.05) is 24.8 Å². The molecule has 38 heavy (non-hydrogen) atoms. The van der Waals surface area contributed by atoms with E-state index in [-0.39, 0.29) is 6.23 Å². The Morgan fingerprint density at radius 1 is 1.11 bits per heavy atom. The molecule has 0 radical (unpaired) electrons. The van der Waals surface area contributed by atoms with Gasteiger partial charge < -0.3 is 14.9 Å². The Hall–Kier alpha value is -4.01. The molecule has 3 aromatic heterocycles. The molecular formula is C27H29N7O3S. The van der Waals surface area contributed by atoms with Gasteiger partial charge in [-0.05, 0) is 56.5 Å². The first-order valence-electron chi connectivity index (χ1n) is 12.4. The molecule has 4 heterocycles. The summed E-state index contributed by atoms with van der Waals surface area (Å²) < 4.78 is 34.0. The summed E-state index contributed by atoms with van der Waals surface area (Å²) in [6.07, 6.45) is 4.39. The van der Waals surface area contributed by atoms with Crippen LogP contribution in [0, 0.1) is 13.5 Å². The van der Waals surface area contributed by atoms with Crippen molar-refractivity contribution in [3.63, 3.8) is 0 Å². The first-order valence-corrected chi connectivity index (χ1v) is 14.2. The Labute approximate surface area is 222 Å². The van der Waals surface area contributed by atoms with Crippen molar-refractivity contribution in [2.75, 3.05) is 29.5 Å². The zero-order valence-electron chi connectivity index (χ0n) is 21.5.